The largest absolute Gasteiger partial charge is 0.381 e. The summed E-state index contributed by atoms with van der Waals surface area (Å²) in [6, 6.07) is 6.66. The van der Waals surface area contributed by atoms with E-state index >= 15 is 0 Å². The summed E-state index contributed by atoms with van der Waals surface area (Å²) >= 11 is 6.05. The number of rotatable bonds is 3. The number of anilines is 2. The predicted octanol–water partition coefficient (Wildman–Crippen LogP) is 3.76. The van der Waals surface area contributed by atoms with E-state index < -0.39 is 0 Å². The first-order chi connectivity index (χ1) is 7.66. The van der Waals surface area contributed by atoms with Gasteiger partial charge in [0.2, 0.25) is 0 Å². The van der Waals surface area contributed by atoms with Gasteiger partial charge in [0.15, 0.2) is 0 Å². The van der Waals surface area contributed by atoms with Gasteiger partial charge in [-0.3, -0.25) is 0 Å². The molecular formula is C13H19ClN2. The van der Waals surface area contributed by atoms with Crippen molar-refractivity contribution in [2.45, 2.75) is 31.7 Å². The highest BCUT2D eigenvalue weighted by Gasteiger charge is 2.16. The molecule has 2 rings (SSSR count). The van der Waals surface area contributed by atoms with E-state index in [9.17, 15) is 0 Å². The molecule has 3 heteroatoms. The molecule has 0 bridgehead atoms. The van der Waals surface area contributed by atoms with Crippen LogP contribution in [0.4, 0.5) is 11.4 Å². The van der Waals surface area contributed by atoms with Crippen LogP contribution < -0.4 is 10.2 Å². The van der Waals surface area contributed by atoms with Gasteiger partial charge in [0.1, 0.15) is 0 Å². The molecule has 1 N–H and O–H groups in total. The molecule has 0 unspecified atom stereocenters. The van der Waals surface area contributed by atoms with Crippen LogP contribution >= 0.6 is 11.6 Å². The van der Waals surface area contributed by atoms with Crippen LogP contribution in [-0.2, 0) is 0 Å². The van der Waals surface area contributed by atoms with E-state index in [-0.39, 0.29) is 0 Å². The molecule has 1 aromatic rings. The van der Waals surface area contributed by atoms with E-state index in [1.807, 2.05) is 12.1 Å². The molecule has 0 aromatic heterocycles. The van der Waals surface area contributed by atoms with E-state index in [1.54, 1.807) is 0 Å². The fraction of sp³-hybridized carbons (Fsp3) is 0.538. The number of hydrogen-bond acceptors (Lipinski definition) is 2. The van der Waals surface area contributed by atoms with Gasteiger partial charge in [-0.15, -0.1) is 0 Å². The van der Waals surface area contributed by atoms with Crippen molar-refractivity contribution in [1.29, 1.82) is 0 Å². The van der Waals surface area contributed by atoms with E-state index in [4.69, 9.17) is 11.6 Å². The number of hydrogen-bond donors (Lipinski definition) is 1. The van der Waals surface area contributed by atoms with Crippen LogP contribution in [0.15, 0.2) is 18.2 Å². The van der Waals surface area contributed by atoms with Crippen molar-refractivity contribution < 1.29 is 0 Å². The summed E-state index contributed by atoms with van der Waals surface area (Å²) in [6.45, 7) is 0. The summed E-state index contributed by atoms with van der Waals surface area (Å²) in [7, 11) is 4.12. The molecular weight excluding hydrogens is 220 g/mol. The van der Waals surface area contributed by atoms with Crippen LogP contribution in [0.5, 0.6) is 0 Å². The van der Waals surface area contributed by atoms with E-state index in [0.717, 1.165) is 10.7 Å². The molecule has 0 heterocycles. The summed E-state index contributed by atoms with van der Waals surface area (Å²) in [5.74, 6) is 0. The quantitative estimate of drug-likeness (QED) is 0.863. The van der Waals surface area contributed by atoms with Gasteiger partial charge in [-0.25, -0.2) is 0 Å². The van der Waals surface area contributed by atoms with Gasteiger partial charge < -0.3 is 10.2 Å². The van der Waals surface area contributed by atoms with Crippen molar-refractivity contribution in [1.82, 2.24) is 0 Å². The Morgan fingerprint density at radius 1 is 1.25 bits per heavy atom. The van der Waals surface area contributed by atoms with Crippen LogP contribution in [0.25, 0.3) is 0 Å². The average Bonchev–Trinajstić information content (AvgIpc) is 2.70. The van der Waals surface area contributed by atoms with Crippen LogP contribution in [-0.4, -0.2) is 20.1 Å². The maximum atomic E-state index is 6.05. The summed E-state index contributed by atoms with van der Waals surface area (Å²) in [5.41, 5.74) is 2.36. The van der Waals surface area contributed by atoms with Crippen molar-refractivity contribution in [3.63, 3.8) is 0 Å². The lowest BCUT2D eigenvalue weighted by Crippen LogP contribution is -2.18. The Morgan fingerprint density at radius 3 is 2.56 bits per heavy atom. The molecule has 1 fully saturated rings. The first-order valence-electron chi connectivity index (χ1n) is 5.90. The maximum absolute atomic E-state index is 6.05. The third-order valence-corrected chi connectivity index (χ3v) is 3.39. The Bertz CT molecular complexity index is 357. The van der Waals surface area contributed by atoms with E-state index in [2.05, 4.69) is 30.4 Å². The molecule has 1 aromatic carbocycles. The summed E-state index contributed by atoms with van der Waals surface area (Å²) in [5, 5.41) is 4.40. The Morgan fingerprint density at radius 2 is 1.94 bits per heavy atom. The summed E-state index contributed by atoms with van der Waals surface area (Å²) in [4.78, 5) is 2.12. The minimum atomic E-state index is 0.622. The second-order valence-corrected chi connectivity index (χ2v) is 5.12. The van der Waals surface area contributed by atoms with Crippen molar-refractivity contribution in [2.24, 2.45) is 0 Å². The summed E-state index contributed by atoms with van der Waals surface area (Å²) < 4.78 is 0. The highest BCUT2D eigenvalue weighted by atomic mass is 35.5. The van der Waals surface area contributed by atoms with Gasteiger partial charge in [0, 0.05) is 25.2 Å². The molecule has 0 aliphatic heterocycles. The lowest BCUT2D eigenvalue weighted by Gasteiger charge is -2.21. The molecule has 0 atom stereocenters. The lowest BCUT2D eigenvalue weighted by atomic mass is 10.2. The second kappa shape index (κ2) is 4.96. The Balaban J connectivity index is 2.19. The monoisotopic (exact) mass is 238 g/mol. The smallest absolute Gasteiger partial charge is 0.0597 e. The first kappa shape index (κ1) is 11.6. The average molecular weight is 239 g/mol. The molecule has 2 nitrogen and oxygen atoms in total. The van der Waals surface area contributed by atoms with Gasteiger partial charge in [-0.05, 0) is 31.0 Å². The van der Waals surface area contributed by atoms with Crippen LogP contribution in [0.1, 0.15) is 25.7 Å². The molecule has 0 amide bonds. The van der Waals surface area contributed by atoms with Gasteiger partial charge in [-0.1, -0.05) is 24.4 Å². The Labute approximate surface area is 103 Å². The van der Waals surface area contributed by atoms with Gasteiger partial charge >= 0.3 is 0 Å². The number of benzene rings is 1. The normalized spacial score (nSPS) is 16.4. The van der Waals surface area contributed by atoms with E-state index in [1.165, 1.54) is 31.4 Å². The first-order valence-corrected chi connectivity index (χ1v) is 6.28. The lowest BCUT2D eigenvalue weighted by molar-refractivity contribution is 0.755. The van der Waals surface area contributed by atoms with Crippen molar-refractivity contribution in [2.75, 3.05) is 24.3 Å². The number of nitrogens with zero attached hydrogens (tertiary/aromatic N) is 1. The van der Waals surface area contributed by atoms with Crippen LogP contribution in [0.2, 0.25) is 5.02 Å². The summed E-state index contributed by atoms with van der Waals surface area (Å²) in [6.07, 6.45) is 5.24. The minimum Gasteiger partial charge on any atom is -0.381 e. The van der Waals surface area contributed by atoms with Crippen LogP contribution in [0, 0.1) is 0 Å². The molecule has 0 spiro atoms. The number of halogens is 1. The third-order valence-electron chi connectivity index (χ3n) is 3.16. The molecule has 1 aliphatic rings. The highest BCUT2D eigenvalue weighted by molar-refractivity contribution is 6.31. The zero-order valence-corrected chi connectivity index (χ0v) is 10.7. The molecule has 1 aliphatic carbocycles. The van der Waals surface area contributed by atoms with Crippen LogP contribution in [0.3, 0.4) is 0 Å². The fourth-order valence-electron chi connectivity index (χ4n) is 2.30. The van der Waals surface area contributed by atoms with Crippen molar-refractivity contribution >= 4 is 23.0 Å². The zero-order valence-electron chi connectivity index (χ0n) is 9.96. The highest BCUT2D eigenvalue weighted by Crippen LogP contribution is 2.31. The third kappa shape index (κ3) is 2.62. The number of nitrogens with one attached hydrogen (secondary N) is 1. The Hall–Kier alpha value is -0.890. The molecule has 0 saturated heterocycles. The van der Waals surface area contributed by atoms with Crippen molar-refractivity contribution in [3.8, 4) is 0 Å². The molecule has 16 heavy (non-hydrogen) atoms. The maximum Gasteiger partial charge on any atom is 0.0597 e. The Kier molecular flexibility index (Phi) is 3.59. The fourth-order valence-corrected chi connectivity index (χ4v) is 2.48. The molecule has 0 radical (unpaired) electrons. The minimum absolute atomic E-state index is 0.622. The van der Waals surface area contributed by atoms with E-state index in [0.29, 0.717) is 6.04 Å². The topological polar surface area (TPSA) is 15.3 Å². The standard InChI is InChI=1S/C13H19ClN2/c1-16(2)13-8-7-10(14)9-12(13)15-11-5-3-4-6-11/h7-9,11,15H,3-6H2,1-2H3. The van der Waals surface area contributed by atoms with Gasteiger partial charge in [0.05, 0.1) is 11.4 Å². The van der Waals surface area contributed by atoms with Crippen molar-refractivity contribution in [3.05, 3.63) is 23.2 Å². The second-order valence-electron chi connectivity index (χ2n) is 4.68. The van der Waals surface area contributed by atoms with Gasteiger partial charge in [-0.2, -0.15) is 0 Å². The molecule has 88 valence electrons. The van der Waals surface area contributed by atoms with Gasteiger partial charge in [0.25, 0.3) is 0 Å². The zero-order chi connectivity index (χ0) is 11.5. The molecule has 1 saturated carbocycles. The predicted molar refractivity (Wildman–Crippen MR) is 71.7 cm³/mol. The SMILES string of the molecule is CN(C)c1ccc(Cl)cc1NC1CCCC1.